The Balaban J connectivity index is 1.80. The molecule has 1 aromatic rings. The third-order valence-electron chi connectivity index (χ3n) is 3.88. The van der Waals surface area contributed by atoms with Crippen molar-refractivity contribution in [2.75, 3.05) is 19.6 Å². The van der Waals surface area contributed by atoms with Crippen LogP contribution in [0.2, 0.25) is 0 Å². The van der Waals surface area contributed by atoms with E-state index in [1.165, 1.54) is 12.8 Å². The van der Waals surface area contributed by atoms with Crippen LogP contribution in [0.25, 0.3) is 0 Å². The van der Waals surface area contributed by atoms with Gasteiger partial charge in [-0.2, -0.15) is 0 Å². The summed E-state index contributed by atoms with van der Waals surface area (Å²) >= 11 is 0. The van der Waals surface area contributed by atoms with E-state index >= 15 is 0 Å². The lowest BCUT2D eigenvalue weighted by Crippen LogP contribution is -2.33. The van der Waals surface area contributed by atoms with Crippen LogP contribution in [-0.4, -0.2) is 25.5 Å². The third-order valence-corrected chi connectivity index (χ3v) is 3.88. The van der Waals surface area contributed by atoms with Crippen molar-refractivity contribution in [2.45, 2.75) is 32.6 Å². The molecule has 1 heterocycles. The summed E-state index contributed by atoms with van der Waals surface area (Å²) < 4.78 is 0. The molecule has 0 aliphatic carbocycles. The number of rotatable bonds is 5. The fourth-order valence-corrected chi connectivity index (χ4v) is 2.71. The third kappa shape index (κ3) is 4.06. The second-order valence-corrected chi connectivity index (χ2v) is 5.27. The Bertz CT molecular complexity index is 411. The van der Waals surface area contributed by atoms with Gasteiger partial charge in [-0.15, -0.1) is 0 Å². The summed E-state index contributed by atoms with van der Waals surface area (Å²) in [5.74, 6) is 0.789. The Morgan fingerprint density at radius 3 is 3.00 bits per heavy atom. The number of nitrogens with one attached hydrogen (secondary N) is 2. The molecule has 1 unspecified atom stereocenters. The van der Waals surface area contributed by atoms with Crippen molar-refractivity contribution >= 4 is 5.91 Å². The highest BCUT2D eigenvalue weighted by Gasteiger charge is 2.14. The molecule has 1 fully saturated rings. The molecule has 1 aliphatic rings. The lowest BCUT2D eigenvalue weighted by molar-refractivity contribution is 0.0949. The van der Waals surface area contributed by atoms with Gasteiger partial charge in [-0.25, -0.2) is 0 Å². The van der Waals surface area contributed by atoms with E-state index in [1.54, 1.807) is 0 Å². The molecule has 1 aromatic carbocycles. The zero-order chi connectivity index (χ0) is 13.5. The summed E-state index contributed by atoms with van der Waals surface area (Å²) in [7, 11) is 0. The molecule has 19 heavy (non-hydrogen) atoms. The smallest absolute Gasteiger partial charge is 0.251 e. The molecule has 0 aromatic heterocycles. The first kappa shape index (κ1) is 14.1. The molecule has 1 amide bonds. The van der Waals surface area contributed by atoms with Gasteiger partial charge < -0.3 is 10.6 Å². The predicted molar refractivity (Wildman–Crippen MR) is 78.4 cm³/mol. The predicted octanol–water partition coefficient (Wildman–Crippen LogP) is 2.37. The van der Waals surface area contributed by atoms with Crippen molar-refractivity contribution in [3.8, 4) is 0 Å². The Hall–Kier alpha value is -1.35. The zero-order valence-corrected chi connectivity index (χ0v) is 11.7. The number of hydrogen-bond acceptors (Lipinski definition) is 2. The minimum Gasteiger partial charge on any atom is -0.352 e. The van der Waals surface area contributed by atoms with Crippen LogP contribution in [-0.2, 0) is 6.42 Å². The monoisotopic (exact) mass is 260 g/mol. The van der Waals surface area contributed by atoms with Crippen LogP contribution < -0.4 is 10.6 Å². The second-order valence-electron chi connectivity index (χ2n) is 5.27. The van der Waals surface area contributed by atoms with Crippen molar-refractivity contribution in [1.29, 1.82) is 0 Å². The molecule has 3 heteroatoms. The average Bonchev–Trinajstić information content (AvgIpc) is 2.48. The van der Waals surface area contributed by atoms with Crippen LogP contribution in [0.1, 0.15) is 42.1 Å². The van der Waals surface area contributed by atoms with Crippen molar-refractivity contribution in [3.05, 3.63) is 35.4 Å². The minimum atomic E-state index is 0.0706. The maximum absolute atomic E-state index is 12.1. The van der Waals surface area contributed by atoms with Gasteiger partial charge in [0.25, 0.3) is 5.91 Å². The first-order valence-corrected chi connectivity index (χ1v) is 7.38. The maximum Gasteiger partial charge on any atom is 0.251 e. The van der Waals surface area contributed by atoms with Gasteiger partial charge >= 0.3 is 0 Å². The number of hydrogen-bond donors (Lipinski definition) is 2. The largest absolute Gasteiger partial charge is 0.352 e. The molecular weight excluding hydrogens is 236 g/mol. The van der Waals surface area contributed by atoms with Gasteiger partial charge in [-0.1, -0.05) is 25.1 Å². The Morgan fingerprint density at radius 2 is 2.26 bits per heavy atom. The van der Waals surface area contributed by atoms with Crippen LogP contribution in [0.4, 0.5) is 0 Å². The number of piperidine rings is 1. The summed E-state index contributed by atoms with van der Waals surface area (Å²) in [6, 6.07) is 7.86. The number of carbonyl (C=O) groups is 1. The number of aryl methyl sites for hydroxylation is 1. The quantitative estimate of drug-likeness (QED) is 0.853. The normalized spacial score (nSPS) is 19.1. The molecule has 0 bridgehead atoms. The number of benzene rings is 1. The van der Waals surface area contributed by atoms with Crippen LogP contribution in [0, 0.1) is 5.92 Å². The van der Waals surface area contributed by atoms with E-state index in [9.17, 15) is 4.79 Å². The Kier molecular flexibility index (Phi) is 5.40. The van der Waals surface area contributed by atoms with Gasteiger partial charge in [0.15, 0.2) is 0 Å². The van der Waals surface area contributed by atoms with E-state index < -0.39 is 0 Å². The highest BCUT2D eigenvalue weighted by atomic mass is 16.1. The standard InChI is InChI=1S/C16H24N2O/c1-2-14-7-3-4-8-15(14)16(19)18-11-9-13-6-5-10-17-12-13/h3-4,7-8,13,17H,2,5-6,9-12H2,1H3,(H,18,19). The SMILES string of the molecule is CCc1ccccc1C(=O)NCCC1CCCNC1. The van der Waals surface area contributed by atoms with E-state index in [-0.39, 0.29) is 5.91 Å². The fraction of sp³-hybridized carbons (Fsp3) is 0.562. The van der Waals surface area contributed by atoms with Gasteiger partial charge in [0.2, 0.25) is 0 Å². The molecule has 2 rings (SSSR count). The first-order chi connectivity index (χ1) is 9.31. The minimum absolute atomic E-state index is 0.0706. The van der Waals surface area contributed by atoms with Crippen molar-refractivity contribution < 1.29 is 4.79 Å². The lowest BCUT2D eigenvalue weighted by atomic mass is 9.96. The van der Waals surface area contributed by atoms with Crippen LogP contribution >= 0.6 is 0 Å². The molecule has 2 N–H and O–H groups in total. The van der Waals surface area contributed by atoms with E-state index in [0.717, 1.165) is 49.5 Å². The Morgan fingerprint density at radius 1 is 1.42 bits per heavy atom. The van der Waals surface area contributed by atoms with Crippen LogP contribution in [0.15, 0.2) is 24.3 Å². The molecule has 1 aliphatic heterocycles. The maximum atomic E-state index is 12.1. The lowest BCUT2D eigenvalue weighted by Gasteiger charge is -2.22. The number of amides is 1. The van der Waals surface area contributed by atoms with E-state index in [4.69, 9.17) is 0 Å². The van der Waals surface area contributed by atoms with Gasteiger partial charge in [-0.3, -0.25) is 4.79 Å². The van der Waals surface area contributed by atoms with Crippen LogP contribution in [0.3, 0.4) is 0 Å². The summed E-state index contributed by atoms with van der Waals surface area (Å²) in [5, 5.41) is 6.46. The van der Waals surface area contributed by atoms with E-state index in [1.807, 2.05) is 24.3 Å². The van der Waals surface area contributed by atoms with Gasteiger partial charge in [-0.05, 0) is 56.3 Å². The summed E-state index contributed by atoms with van der Waals surface area (Å²) in [6.07, 6.45) is 4.52. The van der Waals surface area contributed by atoms with Crippen LogP contribution in [0.5, 0.6) is 0 Å². The summed E-state index contributed by atoms with van der Waals surface area (Å²) in [4.78, 5) is 12.1. The molecule has 0 spiro atoms. The van der Waals surface area contributed by atoms with E-state index in [0.29, 0.717) is 0 Å². The fourth-order valence-electron chi connectivity index (χ4n) is 2.71. The van der Waals surface area contributed by atoms with Crippen molar-refractivity contribution in [3.63, 3.8) is 0 Å². The van der Waals surface area contributed by atoms with Gasteiger partial charge in [0.05, 0.1) is 0 Å². The average molecular weight is 260 g/mol. The van der Waals surface area contributed by atoms with E-state index in [2.05, 4.69) is 17.6 Å². The number of carbonyl (C=O) groups excluding carboxylic acids is 1. The molecule has 0 radical (unpaired) electrons. The first-order valence-electron chi connectivity index (χ1n) is 7.38. The summed E-state index contributed by atoms with van der Waals surface area (Å²) in [6.45, 7) is 5.11. The molecular formula is C16H24N2O. The van der Waals surface area contributed by atoms with Crippen molar-refractivity contribution in [1.82, 2.24) is 10.6 Å². The second kappa shape index (κ2) is 7.29. The summed E-state index contributed by atoms with van der Waals surface area (Å²) in [5.41, 5.74) is 1.95. The highest BCUT2D eigenvalue weighted by molar-refractivity contribution is 5.95. The van der Waals surface area contributed by atoms with Crippen molar-refractivity contribution in [2.24, 2.45) is 5.92 Å². The molecule has 3 nitrogen and oxygen atoms in total. The Labute approximate surface area is 115 Å². The molecule has 0 saturated carbocycles. The van der Waals surface area contributed by atoms with Gasteiger partial charge in [0.1, 0.15) is 0 Å². The van der Waals surface area contributed by atoms with Gasteiger partial charge in [0, 0.05) is 12.1 Å². The zero-order valence-electron chi connectivity index (χ0n) is 11.7. The topological polar surface area (TPSA) is 41.1 Å². The molecule has 1 atom stereocenters. The molecule has 1 saturated heterocycles. The molecule has 104 valence electrons. The highest BCUT2D eigenvalue weighted by Crippen LogP contribution is 2.13.